The average molecular weight is 278 g/mol. The Labute approximate surface area is 119 Å². The van der Waals surface area contributed by atoms with Gasteiger partial charge < -0.3 is 9.84 Å². The fourth-order valence-corrected chi connectivity index (χ4v) is 2.06. The Morgan fingerprint density at radius 1 is 1.20 bits per heavy atom. The van der Waals surface area contributed by atoms with Gasteiger partial charge in [0.15, 0.2) is 0 Å². The van der Waals surface area contributed by atoms with E-state index in [0.29, 0.717) is 18.4 Å². The number of rotatable bonds is 8. The zero-order chi connectivity index (χ0) is 15.0. The standard InChI is InChI=1S/C16H22O4/c1-3-5-11-14(20-15(17)8-4-2)12-9-6-7-10-13(12)16(18)19/h6-7,9-10,14H,3-5,8,11H2,1-2H3,(H,18,19). The Balaban J connectivity index is 2.97. The second-order valence-corrected chi connectivity index (χ2v) is 4.76. The third-order valence-corrected chi connectivity index (χ3v) is 3.09. The zero-order valence-corrected chi connectivity index (χ0v) is 12.1. The molecule has 0 bridgehead atoms. The monoisotopic (exact) mass is 278 g/mol. The summed E-state index contributed by atoms with van der Waals surface area (Å²) in [6.45, 7) is 3.96. The van der Waals surface area contributed by atoms with Gasteiger partial charge in [0.2, 0.25) is 0 Å². The van der Waals surface area contributed by atoms with Crippen molar-refractivity contribution in [3.63, 3.8) is 0 Å². The molecule has 0 radical (unpaired) electrons. The molecule has 20 heavy (non-hydrogen) atoms. The van der Waals surface area contributed by atoms with Crippen LogP contribution in [-0.4, -0.2) is 17.0 Å². The van der Waals surface area contributed by atoms with Gasteiger partial charge in [0.1, 0.15) is 6.10 Å². The molecule has 0 aliphatic rings. The predicted octanol–water partition coefficient (Wildman–Crippen LogP) is 3.96. The quantitative estimate of drug-likeness (QED) is 0.731. The lowest BCUT2D eigenvalue weighted by Crippen LogP contribution is -2.14. The van der Waals surface area contributed by atoms with Gasteiger partial charge in [-0.15, -0.1) is 0 Å². The van der Waals surface area contributed by atoms with Crippen LogP contribution in [0.25, 0.3) is 0 Å². The fourth-order valence-electron chi connectivity index (χ4n) is 2.06. The van der Waals surface area contributed by atoms with Crippen molar-refractivity contribution < 1.29 is 19.4 Å². The summed E-state index contributed by atoms with van der Waals surface area (Å²) in [4.78, 5) is 23.0. The number of ether oxygens (including phenoxy) is 1. The second kappa shape index (κ2) is 8.35. The lowest BCUT2D eigenvalue weighted by atomic mass is 9.98. The van der Waals surface area contributed by atoms with Crippen molar-refractivity contribution in [3.8, 4) is 0 Å². The first-order valence-electron chi connectivity index (χ1n) is 7.11. The molecule has 0 heterocycles. The topological polar surface area (TPSA) is 63.6 Å². The van der Waals surface area contributed by atoms with E-state index in [4.69, 9.17) is 4.74 Å². The van der Waals surface area contributed by atoms with Gasteiger partial charge >= 0.3 is 11.9 Å². The molecular weight excluding hydrogens is 256 g/mol. The van der Waals surface area contributed by atoms with E-state index in [1.54, 1.807) is 24.3 Å². The lowest BCUT2D eigenvalue weighted by molar-refractivity contribution is -0.150. The van der Waals surface area contributed by atoms with Gasteiger partial charge in [-0.05, 0) is 25.3 Å². The summed E-state index contributed by atoms with van der Waals surface area (Å²) in [6.07, 6.45) is 3.12. The van der Waals surface area contributed by atoms with E-state index >= 15 is 0 Å². The molecular formula is C16H22O4. The molecule has 0 saturated carbocycles. The molecule has 0 aromatic heterocycles. The van der Waals surface area contributed by atoms with Crippen LogP contribution in [0.5, 0.6) is 0 Å². The number of benzene rings is 1. The molecule has 0 saturated heterocycles. The first-order valence-corrected chi connectivity index (χ1v) is 7.11. The van der Waals surface area contributed by atoms with Crippen molar-refractivity contribution in [2.45, 2.75) is 52.1 Å². The summed E-state index contributed by atoms with van der Waals surface area (Å²) < 4.78 is 5.47. The molecule has 1 unspecified atom stereocenters. The normalized spacial score (nSPS) is 11.9. The third kappa shape index (κ3) is 4.68. The smallest absolute Gasteiger partial charge is 0.336 e. The summed E-state index contributed by atoms with van der Waals surface area (Å²) in [6, 6.07) is 6.72. The number of unbranched alkanes of at least 4 members (excludes halogenated alkanes) is 1. The van der Waals surface area contributed by atoms with Crippen molar-refractivity contribution in [2.24, 2.45) is 0 Å². The number of hydrogen-bond acceptors (Lipinski definition) is 3. The van der Waals surface area contributed by atoms with Crippen molar-refractivity contribution >= 4 is 11.9 Å². The number of carboxylic acids is 1. The van der Waals surface area contributed by atoms with Crippen molar-refractivity contribution in [3.05, 3.63) is 35.4 Å². The van der Waals surface area contributed by atoms with Gasteiger partial charge in [-0.25, -0.2) is 4.79 Å². The maximum atomic E-state index is 11.7. The summed E-state index contributed by atoms with van der Waals surface area (Å²) in [5.74, 6) is -1.26. The molecule has 4 heteroatoms. The van der Waals surface area contributed by atoms with E-state index in [-0.39, 0.29) is 11.5 Å². The Bertz CT molecular complexity index is 454. The van der Waals surface area contributed by atoms with Gasteiger partial charge in [-0.3, -0.25) is 4.79 Å². The molecule has 1 aromatic carbocycles. The third-order valence-electron chi connectivity index (χ3n) is 3.09. The van der Waals surface area contributed by atoms with Crippen LogP contribution < -0.4 is 0 Å². The number of carbonyl (C=O) groups is 2. The summed E-state index contributed by atoms with van der Waals surface area (Å²) in [5.41, 5.74) is 0.788. The molecule has 1 atom stereocenters. The molecule has 4 nitrogen and oxygen atoms in total. The van der Waals surface area contributed by atoms with Crippen LogP contribution in [0.15, 0.2) is 24.3 Å². The van der Waals surface area contributed by atoms with Crippen LogP contribution in [0.4, 0.5) is 0 Å². The molecule has 0 spiro atoms. The van der Waals surface area contributed by atoms with Gasteiger partial charge in [-0.1, -0.05) is 38.5 Å². The molecule has 110 valence electrons. The molecule has 0 aliphatic carbocycles. The van der Waals surface area contributed by atoms with Crippen LogP contribution in [0.3, 0.4) is 0 Å². The number of hydrogen-bond donors (Lipinski definition) is 1. The maximum Gasteiger partial charge on any atom is 0.336 e. The van der Waals surface area contributed by atoms with Crippen molar-refractivity contribution in [1.82, 2.24) is 0 Å². The minimum absolute atomic E-state index is 0.206. The van der Waals surface area contributed by atoms with E-state index < -0.39 is 12.1 Å². The SMILES string of the molecule is CCCCC(OC(=O)CCC)c1ccccc1C(=O)O. The van der Waals surface area contributed by atoms with Crippen LogP contribution in [0.1, 0.15) is 68.0 Å². The Morgan fingerprint density at radius 3 is 2.50 bits per heavy atom. The molecule has 1 aromatic rings. The van der Waals surface area contributed by atoms with E-state index in [2.05, 4.69) is 0 Å². The number of aromatic carboxylic acids is 1. The predicted molar refractivity (Wildman–Crippen MR) is 76.7 cm³/mol. The Hall–Kier alpha value is -1.84. The lowest BCUT2D eigenvalue weighted by Gasteiger charge is -2.19. The minimum atomic E-state index is -0.992. The Morgan fingerprint density at radius 2 is 1.90 bits per heavy atom. The van der Waals surface area contributed by atoms with E-state index in [0.717, 1.165) is 19.3 Å². The summed E-state index contributed by atoms with van der Waals surface area (Å²) in [5, 5.41) is 9.24. The van der Waals surface area contributed by atoms with Crippen LogP contribution >= 0.6 is 0 Å². The molecule has 1 N–H and O–H groups in total. The van der Waals surface area contributed by atoms with Gasteiger partial charge in [0.25, 0.3) is 0 Å². The summed E-state index contributed by atoms with van der Waals surface area (Å²) >= 11 is 0. The van der Waals surface area contributed by atoms with Crippen molar-refractivity contribution in [1.29, 1.82) is 0 Å². The first-order chi connectivity index (χ1) is 9.60. The molecule has 1 rings (SSSR count). The molecule has 0 amide bonds. The number of carbonyl (C=O) groups excluding carboxylic acids is 1. The van der Waals surface area contributed by atoms with Crippen LogP contribution in [0.2, 0.25) is 0 Å². The van der Waals surface area contributed by atoms with Gasteiger partial charge in [-0.2, -0.15) is 0 Å². The van der Waals surface area contributed by atoms with Gasteiger partial charge in [0, 0.05) is 12.0 Å². The molecule has 0 aliphatic heterocycles. The average Bonchev–Trinajstić information content (AvgIpc) is 2.43. The number of esters is 1. The zero-order valence-electron chi connectivity index (χ0n) is 12.1. The van der Waals surface area contributed by atoms with Crippen LogP contribution in [0, 0.1) is 0 Å². The Kier molecular flexibility index (Phi) is 6.77. The van der Waals surface area contributed by atoms with Gasteiger partial charge in [0.05, 0.1) is 5.56 Å². The van der Waals surface area contributed by atoms with E-state index in [1.165, 1.54) is 0 Å². The fraction of sp³-hybridized carbons (Fsp3) is 0.500. The van der Waals surface area contributed by atoms with Crippen LogP contribution in [-0.2, 0) is 9.53 Å². The highest BCUT2D eigenvalue weighted by Gasteiger charge is 2.21. The first kappa shape index (κ1) is 16.2. The maximum absolute atomic E-state index is 11.7. The second-order valence-electron chi connectivity index (χ2n) is 4.76. The van der Waals surface area contributed by atoms with E-state index in [1.807, 2.05) is 13.8 Å². The highest BCUT2D eigenvalue weighted by Crippen LogP contribution is 2.27. The molecule has 0 fully saturated rings. The highest BCUT2D eigenvalue weighted by molar-refractivity contribution is 5.89. The van der Waals surface area contributed by atoms with Crippen molar-refractivity contribution in [2.75, 3.05) is 0 Å². The number of carboxylic acid groups (broad SMARTS) is 1. The minimum Gasteiger partial charge on any atom is -0.478 e. The summed E-state index contributed by atoms with van der Waals surface area (Å²) in [7, 11) is 0. The van der Waals surface area contributed by atoms with E-state index in [9.17, 15) is 14.7 Å². The largest absolute Gasteiger partial charge is 0.478 e. The highest BCUT2D eigenvalue weighted by atomic mass is 16.5.